The van der Waals surface area contributed by atoms with E-state index in [0.717, 1.165) is 44.5 Å². The van der Waals surface area contributed by atoms with Gasteiger partial charge in [-0.25, -0.2) is 14.8 Å². The molecule has 6 aromatic heterocycles. The summed E-state index contributed by atoms with van der Waals surface area (Å²) in [6.45, 7) is 6.33. The van der Waals surface area contributed by atoms with Crippen molar-refractivity contribution in [3.05, 3.63) is 249 Å². The second-order valence-corrected chi connectivity index (χ2v) is 23.0. The number of pyridine rings is 6. The van der Waals surface area contributed by atoms with Crippen LogP contribution in [0.4, 0.5) is 0 Å². The number of halogens is 3. The number of ether oxygens (including phenoxy) is 5. The number of esters is 2. The molecule has 492 valence electrons. The van der Waals surface area contributed by atoms with Gasteiger partial charge < -0.3 is 42.7 Å². The molecule has 96 heavy (non-hydrogen) atoms. The lowest BCUT2D eigenvalue weighted by Gasteiger charge is -2.16. The largest absolute Gasteiger partial charge is 0.495 e. The van der Waals surface area contributed by atoms with Crippen LogP contribution in [-0.2, 0) is 45.0 Å². The first kappa shape index (κ1) is 69.7. The van der Waals surface area contributed by atoms with Crippen LogP contribution in [0.5, 0.6) is 17.5 Å². The zero-order valence-corrected chi connectivity index (χ0v) is 56.1. The number of carbonyl (C=O) groups is 4. The number of aryl methyl sites for hydroxylation is 3. The van der Waals surface area contributed by atoms with Crippen LogP contribution in [0.3, 0.4) is 0 Å². The van der Waals surface area contributed by atoms with Crippen molar-refractivity contribution in [1.82, 2.24) is 34.0 Å². The van der Waals surface area contributed by atoms with Gasteiger partial charge in [-0.3, -0.25) is 43.7 Å². The van der Waals surface area contributed by atoms with Gasteiger partial charge in [0.2, 0.25) is 17.7 Å². The molecule has 24 heteroatoms. The van der Waals surface area contributed by atoms with Gasteiger partial charge in [0, 0.05) is 166 Å². The molecular weight excluding hydrogens is 1290 g/mol. The van der Waals surface area contributed by atoms with E-state index in [2.05, 4.69) is 20.3 Å². The summed E-state index contributed by atoms with van der Waals surface area (Å²) < 4.78 is 30.5. The van der Waals surface area contributed by atoms with Gasteiger partial charge in [0.15, 0.2) is 5.78 Å². The van der Waals surface area contributed by atoms with Crippen LogP contribution in [0, 0.1) is 0 Å². The molecule has 2 aliphatic rings. The Morgan fingerprint density at radius 1 is 0.531 bits per heavy atom. The van der Waals surface area contributed by atoms with Gasteiger partial charge in [-0.2, -0.15) is 0 Å². The number of benzene rings is 3. The SMILES string of the molecule is CCNC(=O)CC1N=C(c2ccc(Cl)cc2)c2cc(OC)ncc2-c2cn(C)c(=O)cc21.CCOC(=O)/C=C/c1cc(=O)n(C)cc1-c1ncc(OC)cc1C(=O)c1ccc(Cl)cc1.CCOC(=O)CC1N=C(c2ccc(Cl)cc2)c2cc(OC)ncc2-c2cn(C)c(=O)cc21. The summed E-state index contributed by atoms with van der Waals surface area (Å²) in [6, 6.07) is 29.7. The van der Waals surface area contributed by atoms with Gasteiger partial charge in [0.1, 0.15) is 5.75 Å². The van der Waals surface area contributed by atoms with Gasteiger partial charge >= 0.3 is 11.9 Å². The lowest BCUT2D eigenvalue weighted by Crippen LogP contribution is -2.25. The number of amides is 1. The molecule has 21 nitrogen and oxygen atoms in total. The summed E-state index contributed by atoms with van der Waals surface area (Å²) in [5.74, 6) is -0.0782. The summed E-state index contributed by atoms with van der Waals surface area (Å²) in [5, 5.41) is 4.55. The fraction of sp³-hybridized carbons (Fsp3) is 0.222. The number of carbonyl (C=O) groups excluding carboxylic acids is 4. The van der Waals surface area contributed by atoms with Crippen LogP contribution in [0.2, 0.25) is 15.1 Å². The molecule has 0 bridgehead atoms. The molecule has 0 radical (unpaired) electrons. The number of aromatic nitrogens is 6. The number of nitrogens with one attached hydrogen (secondary N) is 1. The van der Waals surface area contributed by atoms with Crippen LogP contribution in [0.1, 0.15) is 101 Å². The lowest BCUT2D eigenvalue weighted by molar-refractivity contribution is -0.143. The van der Waals surface area contributed by atoms with E-state index >= 15 is 0 Å². The van der Waals surface area contributed by atoms with Gasteiger partial charge in [0.25, 0.3) is 16.7 Å². The first-order valence-electron chi connectivity index (χ1n) is 30.2. The fourth-order valence-electron chi connectivity index (χ4n) is 10.6. The predicted octanol–water partition coefficient (Wildman–Crippen LogP) is 11.4. The first-order chi connectivity index (χ1) is 46.1. The molecule has 3 aromatic carbocycles. The molecular formula is C72H66Cl3N9O12. The lowest BCUT2D eigenvalue weighted by atomic mass is 9.93. The Morgan fingerprint density at radius 3 is 1.47 bits per heavy atom. The van der Waals surface area contributed by atoms with Crippen molar-refractivity contribution in [2.24, 2.45) is 31.1 Å². The van der Waals surface area contributed by atoms with Crippen molar-refractivity contribution < 1.29 is 42.9 Å². The molecule has 2 aliphatic heterocycles. The van der Waals surface area contributed by atoms with Crippen molar-refractivity contribution in [3.8, 4) is 51.0 Å². The zero-order valence-electron chi connectivity index (χ0n) is 53.8. The molecule has 0 aliphatic carbocycles. The molecule has 9 aromatic rings. The summed E-state index contributed by atoms with van der Waals surface area (Å²) >= 11 is 18.2. The maximum absolute atomic E-state index is 13.3. The van der Waals surface area contributed by atoms with Gasteiger partial charge in [-0.15, -0.1) is 0 Å². The van der Waals surface area contributed by atoms with Crippen LogP contribution < -0.4 is 36.2 Å². The van der Waals surface area contributed by atoms with E-state index in [0.29, 0.717) is 84.1 Å². The highest BCUT2D eigenvalue weighted by Gasteiger charge is 2.31. The predicted molar refractivity (Wildman–Crippen MR) is 369 cm³/mol. The van der Waals surface area contributed by atoms with E-state index in [4.69, 9.17) is 68.5 Å². The zero-order chi connectivity index (χ0) is 68.9. The second-order valence-electron chi connectivity index (χ2n) is 21.7. The van der Waals surface area contributed by atoms with Crippen molar-refractivity contribution >= 4 is 75.9 Å². The van der Waals surface area contributed by atoms with Crippen LogP contribution in [-0.4, -0.2) is 105 Å². The highest BCUT2D eigenvalue weighted by atomic mass is 35.5. The van der Waals surface area contributed by atoms with Crippen LogP contribution in [0.25, 0.3) is 39.6 Å². The number of hydrogen-bond donors (Lipinski definition) is 1. The molecule has 0 saturated carbocycles. The quantitative estimate of drug-likeness (QED) is 0.0505. The Balaban J connectivity index is 0.000000169. The molecule has 1 N–H and O–H groups in total. The molecule has 0 spiro atoms. The van der Waals surface area contributed by atoms with E-state index in [-0.39, 0.29) is 66.0 Å². The first-order valence-corrected chi connectivity index (χ1v) is 31.3. The Morgan fingerprint density at radius 2 is 1.00 bits per heavy atom. The third kappa shape index (κ3) is 16.3. The Bertz CT molecular complexity index is 4520. The minimum atomic E-state index is -0.609. The van der Waals surface area contributed by atoms with Gasteiger partial charge in [0.05, 0.1) is 88.3 Å². The molecule has 2 unspecified atom stereocenters. The van der Waals surface area contributed by atoms with E-state index in [1.165, 1.54) is 51.3 Å². The van der Waals surface area contributed by atoms with E-state index < -0.39 is 18.1 Å². The average molecular weight is 1360 g/mol. The summed E-state index contributed by atoms with van der Waals surface area (Å²) in [6.07, 6.45) is 12.8. The van der Waals surface area contributed by atoms with Crippen LogP contribution >= 0.6 is 34.8 Å². The number of methoxy groups -OCH3 is 3. The fourth-order valence-corrected chi connectivity index (χ4v) is 11.0. The number of fused-ring (bicyclic) bond motifs is 6. The van der Waals surface area contributed by atoms with Crippen molar-refractivity contribution in [2.45, 2.75) is 45.7 Å². The minimum Gasteiger partial charge on any atom is -0.495 e. The van der Waals surface area contributed by atoms with Gasteiger partial charge in [-0.05, 0) is 98.1 Å². The maximum atomic E-state index is 13.3. The molecule has 0 saturated heterocycles. The number of hydrogen-bond acceptors (Lipinski definition) is 17. The highest BCUT2D eigenvalue weighted by Crippen LogP contribution is 2.41. The normalized spacial score (nSPS) is 13.4. The third-order valence-corrected chi connectivity index (χ3v) is 16.1. The van der Waals surface area contributed by atoms with E-state index in [1.54, 1.807) is 141 Å². The number of rotatable bonds is 17. The van der Waals surface area contributed by atoms with Crippen LogP contribution in [0.15, 0.2) is 177 Å². The average Bonchev–Trinajstić information content (AvgIpc) is 1.57. The number of ketones is 1. The Labute approximate surface area is 567 Å². The van der Waals surface area contributed by atoms with E-state index in [1.807, 2.05) is 43.3 Å². The van der Waals surface area contributed by atoms with Gasteiger partial charge in [-0.1, -0.05) is 59.1 Å². The van der Waals surface area contributed by atoms with E-state index in [9.17, 15) is 33.6 Å². The standard InChI is InChI=1S/C24H23ClN4O3.C24H22ClN3O4.C24H21ClN2O5/c1-4-26-21(30)11-20-16-10-23(31)29(2)13-19(16)18-12-27-22(32-3)9-17(18)24(28-20)14-5-7-15(25)8-6-14;1-4-32-23(30)11-20-16-10-22(29)28(2)13-19(16)18-12-26-21(31-3)9-17(18)24(27-20)14-5-7-15(25)8-6-14;1-4-32-22(29)10-7-16-11-21(28)27(2)14-20(16)23-19(12-18(31-3)13-26-23)24(30)15-5-8-17(25)9-6-15/h5-10,12-13,20H,4,11H2,1-3H3,(H,26,30);5-10,12-13,20H,4,11H2,1-3H3;5-14H,4H2,1-3H3/b;;10-7+. The van der Waals surface area contributed by atoms with Crippen molar-refractivity contribution in [1.29, 1.82) is 0 Å². The van der Waals surface area contributed by atoms with Crippen molar-refractivity contribution in [2.75, 3.05) is 41.1 Å². The van der Waals surface area contributed by atoms with Crippen molar-refractivity contribution in [3.63, 3.8) is 0 Å². The molecule has 11 rings (SSSR count). The molecule has 0 fully saturated rings. The summed E-state index contributed by atoms with van der Waals surface area (Å²) in [5.41, 5.74) is 10.4. The Kier molecular flexibility index (Phi) is 22.9. The molecule has 2 atom stereocenters. The maximum Gasteiger partial charge on any atom is 0.330 e. The number of aliphatic imine (C=N–C) groups is 2. The monoisotopic (exact) mass is 1350 g/mol. The summed E-state index contributed by atoms with van der Waals surface area (Å²) in [7, 11) is 9.56. The second kappa shape index (κ2) is 31.5. The topological polar surface area (TPSA) is 256 Å². The smallest absolute Gasteiger partial charge is 0.330 e. The minimum absolute atomic E-state index is 0.00362. The Hall–Kier alpha value is -10.6. The third-order valence-electron chi connectivity index (χ3n) is 15.4. The number of nitrogens with zero attached hydrogens (tertiary/aromatic N) is 8. The highest BCUT2D eigenvalue weighted by molar-refractivity contribution is 6.31. The molecule has 8 heterocycles. The molecule has 1 amide bonds. The summed E-state index contributed by atoms with van der Waals surface area (Å²) in [4.78, 5) is 111.